The molecule has 0 bridgehead atoms. The molecule has 4 nitrogen and oxygen atoms in total. The highest BCUT2D eigenvalue weighted by atomic mass is 14.9. The van der Waals surface area contributed by atoms with Gasteiger partial charge in [0, 0.05) is 30.7 Å². The summed E-state index contributed by atoms with van der Waals surface area (Å²) in [4.78, 5) is 12.7. The zero-order valence-electron chi connectivity index (χ0n) is 9.22. The molecule has 0 spiro atoms. The van der Waals surface area contributed by atoms with Crippen LogP contribution in [0.1, 0.15) is 12.6 Å². The molecule has 0 aliphatic heterocycles. The highest BCUT2D eigenvalue weighted by Gasteiger charge is 2.01. The van der Waals surface area contributed by atoms with Crippen LogP contribution in [0.4, 0.5) is 0 Å². The Morgan fingerprint density at radius 1 is 1.12 bits per heavy atom. The summed E-state index contributed by atoms with van der Waals surface area (Å²) in [6.07, 6.45) is 5.28. The van der Waals surface area contributed by atoms with Gasteiger partial charge in [0.05, 0.1) is 5.69 Å². The van der Waals surface area contributed by atoms with E-state index < -0.39 is 0 Å². The first-order valence-corrected chi connectivity index (χ1v) is 5.33. The van der Waals surface area contributed by atoms with E-state index in [4.69, 9.17) is 0 Å². The first-order valence-electron chi connectivity index (χ1n) is 5.33. The second-order valence-corrected chi connectivity index (χ2v) is 3.39. The van der Waals surface area contributed by atoms with Crippen molar-refractivity contribution in [3.63, 3.8) is 0 Å². The van der Waals surface area contributed by atoms with E-state index in [2.05, 4.69) is 27.2 Å². The molecule has 0 amide bonds. The summed E-state index contributed by atoms with van der Waals surface area (Å²) < 4.78 is 0. The minimum Gasteiger partial charge on any atom is -0.311 e. The maximum absolute atomic E-state index is 4.48. The number of aromatic nitrogens is 3. The molecule has 0 fully saturated rings. The number of nitrogens with one attached hydrogen (secondary N) is 1. The van der Waals surface area contributed by atoms with Gasteiger partial charge in [-0.3, -0.25) is 4.98 Å². The van der Waals surface area contributed by atoms with Crippen molar-refractivity contribution in [2.75, 3.05) is 6.54 Å². The number of hydrogen-bond donors (Lipinski definition) is 1. The van der Waals surface area contributed by atoms with Gasteiger partial charge in [-0.05, 0) is 24.7 Å². The van der Waals surface area contributed by atoms with Crippen LogP contribution in [-0.4, -0.2) is 21.5 Å². The van der Waals surface area contributed by atoms with Gasteiger partial charge in [-0.1, -0.05) is 6.92 Å². The Kier molecular flexibility index (Phi) is 3.56. The molecular weight excluding hydrogens is 200 g/mol. The topological polar surface area (TPSA) is 50.7 Å². The first-order chi connectivity index (χ1) is 7.90. The van der Waals surface area contributed by atoms with E-state index in [1.807, 2.05) is 18.2 Å². The first kappa shape index (κ1) is 10.7. The molecule has 0 aliphatic rings. The van der Waals surface area contributed by atoms with Crippen molar-refractivity contribution in [2.24, 2.45) is 0 Å². The van der Waals surface area contributed by atoms with Gasteiger partial charge in [0.1, 0.15) is 0 Å². The van der Waals surface area contributed by atoms with E-state index in [9.17, 15) is 0 Å². The monoisotopic (exact) mass is 214 g/mol. The molecule has 2 aromatic heterocycles. The molecule has 0 atom stereocenters. The largest absolute Gasteiger partial charge is 0.311 e. The van der Waals surface area contributed by atoms with Crippen molar-refractivity contribution >= 4 is 0 Å². The SMILES string of the molecule is CCNCc1ccnc(-c2ccncc2)n1. The predicted molar refractivity (Wildman–Crippen MR) is 62.6 cm³/mol. The fourth-order valence-electron chi connectivity index (χ4n) is 1.39. The molecule has 0 radical (unpaired) electrons. The predicted octanol–water partition coefficient (Wildman–Crippen LogP) is 1.65. The Morgan fingerprint density at radius 2 is 1.94 bits per heavy atom. The maximum Gasteiger partial charge on any atom is 0.159 e. The van der Waals surface area contributed by atoms with Gasteiger partial charge in [-0.15, -0.1) is 0 Å². The lowest BCUT2D eigenvalue weighted by Gasteiger charge is -2.03. The van der Waals surface area contributed by atoms with Gasteiger partial charge in [-0.25, -0.2) is 9.97 Å². The average molecular weight is 214 g/mol. The Balaban J connectivity index is 2.22. The number of pyridine rings is 1. The number of rotatable bonds is 4. The molecule has 0 aliphatic carbocycles. The van der Waals surface area contributed by atoms with Crippen LogP contribution in [0.25, 0.3) is 11.4 Å². The second kappa shape index (κ2) is 5.32. The van der Waals surface area contributed by atoms with Crippen LogP contribution >= 0.6 is 0 Å². The van der Waals surface area contributed by atoms with Crippen molar-refractivity contribution < 1.29 is 0 Å². The maximum atomic E-state index is 4.48. The third kappa shape index (κ3) is 2.61. The molecule has 1 N–H and O–H groups in total. The quantitative estimate of drug-likeness (QED) is 0.840. The molecule has 16 heavy (non-hydrogen) atoms. The van der Waals surface area contributed by atoms with E-state index in [0.29, 0.717) is 0 Å². The van der Waals surface area contributed by atoms with Crippen LogP contribution in [0.2, 0.25) is 0 Å². The fourth-order valence-corrected chi connectivity index (χ4v) is 1.39. The smallest absolute Gasteiger partial charge is 0.159 e. The van der Waals surface area contributed by atoms with Crippen molar-refractivity contribution in [1.29, 1.82) is 0 Å². The third-order valence-corrected chi connectivity index (χ3v) is 2.21. The van der Waals surface area contributed by atoms with Gasteiger partial charge >= 0.3 is 0 Å². The minimum atomic E-state index is 0.748. The van der Waals surface area contributed by atoms with Gasteiger partial charge in [-0.2, -0.15) is 0 Å². The van der Waals surface area contributed by atoms with E-state index in [1.165, 1.54) is 0 Å². The summed E-state index contributed by atoms with van der Waals surface area (Å²) in [7, 11) is 0. The summed E-state index contributed by atoms with van der Waals surface area (Å²) in [5.41, 5.74) is 2.00. The van der Waals surface area contributed by atoms with Crippen molar-refractivity contribution in [1.82, 2.24) is 20.3 Å². The Bertz CT molecular complexity index is 442. The second-order valence-electron chi connectivity index (χ2n) is 3.39. The van der Waals surface area contributed by atoms with Crippen molar-refractivity contribution in [3.8, 4) is 11.4 Å². The molecule has 0 aromatic carbocycles. The molecular formula is C12H14N4. The lowest BCUT2D eigenvalue weighted by atomic mass is 10.2. The van der Waals surface area contributed by atoms with E-state index in [-0.39, 0.29) is 0 Å². The van der Waals surface area contributed by atoms with Gasteiger partial charge in [0.15, 0.2) is 5.82 Å². The van der Waals surface area contributed by atoms with E-state index in [0.717, 1.165) is 30.2 Å². The van der Waals surface area contributed by atoms with Gasteiger partial charge in [0.25, 0.3) is 0 Å². The zero-order chi connectivity index (χ0) is 11.2. The average Bonchev–Trinajstić information content (AvgIpc) is 2.38. The van der Waals surface area contributed by atoms with Crippen LogP contribution in [-0.2, 0) is 6.54 Å². The molecule has 2 heterocycles. The van der Waals surface area contributed by atoms with Gasteiger partial charge in [0.2, 0.25) is 0 Å². The van der Waals surface area contributed by atoms with Crippen LogP contribution in [0.15, 0.2) is 36.8 Å². The number of hydrogen-bond acceptors (Lipinski definition) is 4. The highest BCUT2D eigenvalue weighted by Crippen LogP contribution is 2.12. The highest BCUT2D eigenvalue weighted by molar-refractivity contribution is 5.53. The molecule has 0 saturated carbocycles. The lowest BCUT2D eigenvalue weighted by Crippen LogP contribution is -2.13. The summed E-state index contributed by atoms with van der Waals surface area (Å²) in [6.45, 7) is 3.79. The Hall–Kier alpha value is -1.81. The van der Waals surface area contributed by atoms with Crippen molar-refractivity contribution in [3.05, 3.63) is 42.5 Å². The molecule has 4 heteroatoms. The molecule has 82 valence electrons. The number of nitrogens with zero attached hydrogens (tertiary/aromatic N) is 3. The van der Waals surface area contributed by atoms with E-state index >= 15 is 0 Å². The van der Waals surface area contributed by atoms with Gasteiger partial charge < -0.3 is 5.32 Å². The van der Waals surface area contributed by atoms with Crippen LogP contribution in [0.5, 0.6) is 0 Å². The lowest BCUT2D eigenvalue weighted by molar-refractivity contribution is 0.709. The summed E-state index contributed by atoms with van der Waals surface area (Å²) in [6, 6.07) is 5.74. The molecule has 2 rings (SSSR count). The minimum absolute atomic E-state index is 0.748. The standard InChI is InChI=1S/C12H14N4/c1-2-13-9-11-5-8-15-12(16-11)10-3-6-14-7-4-10/h3-8,13H,2,9H2,1H3. The van der Waals surface area contributed by atoms with Crippen LogP contribution in [0.3, 0.4) is 0 Å². The molecule has 0 saturated heterocycles. The fraction of sp³-hybridized carbons (Fsp3) is 0.250. The summed E-state index contributed by atoms with van der Waals surface area (Å²) >= 11 is 0. The molecule has 0 unspecified atom stereocenters. The van der Waals surface area contributed by atoms with Crippen LogP contribution < -0.4 is 5.32 Å². The summed E-state index contributed by atoms with van der Waals surface area (Å²) in [5, 5.41) is 3.24. The summed E-state index contributed by atoms with van der Waals surface area (Å²) in [5.74, 6) is 0.748. The Morgan fingerprint density at radius 3 is 2.69 bits per heavy atom. The third-order valence-electron chi connectivity index (χ3n) is 2.21. The van der Waals surface area contributed by atoms with Crippen LogP contribution in [0, 0.1) is 0 Å². The Labute approximate surface area is 94.8 Å². The molecule has 2 aromatic rings. The van der Waals surface area contributed by atoms with E-state index in [1.54, 1.807) is 18.6 Å². The zero-order valence-corrected chi connectivity index (χ0v) is 9.22. The van der Waals surface area contributed by atoms with Crippen molar-refractivity contribution in [2.45, 2.75) is 13.5 Å². The normalized spacial score (nSPS) is 10.3.